The Morgan fingerprint density at radius 3 is 2.40 bits per heavy atom. The number of amides is 2. The van der Waals surface area contributed by atoms with E-state index in [1.807, 2.05) is 31.2 Å². The summed E-state index contributed by atoms with van der Waals surface area (Å²) < 4.78 is 0. The first-order chi connectivity index (χ1) is 12.0. The van der Waals surface area contributed by atoms with Gasteiger partial charge in [0.15, 0.2) is 0 Å². The highest BCUT2D eigenvalue weighted by Crippen LogP contribution is 2.39. The summed E-state index contributed by atoms with van der Waals surface area (Å²) in [5, 5.41) is 4.04. The number of halogens is 2. The van der Waals surface area contributed by atoms with Gasteiger partial charge in [0.25, 0.3) is 11.8 Å². The number of aryl methyl sites for hydroxylation is 1. The Hall–Kier alpha value is -2.56. The van der Waals surface area contributed by atoms with Crippen molar-refractivity contribution in [3.8, 4) is 0 Å². The van der Waals surface area contributed by atoms with Crippen molar-refractivity contribution < 1.29 is 9.59 Å². The number of carbonyl (C=O) groups is 2. The predicted molar refractivity (Wildman–Crippen MR) is 99.5 cm³/mol. The minimum atomic E-state index is -0.464. The maximum Gasteiger partial charge on any atom is 0.259 e. The van der Waals surface area contributed by atoms with Crippen molar-refractivity contribution in [2.75, 3.05) is 0 Å². The topological polar surface area (TPSA) is 62.0 Å². The fourth-order valence-electron chi connectivity index (χ4n) is 3.24. The molecule has 2 amide bonds. The summed E-state index contributed by atoms with van der Waals surface area (Å²) >= 11 is 12.2. The summed E-state index contributed by atoms with van der Waals surface area (Å²) in [5.41, 5.74) is 3.48. The second kappa shape index (κ2) is 5.76. The molecule has 1 aliphatic rings. The zero-order valence-corrected chi connectivity index (χ0v) is 14.6. The minimum absolute atomic E-state index is 0.263. The number of fused-ring (bicyclic) bond motifs is 1. The molecule has 0 fully saturated rings. The van der Waals surface area contributed by atoms with Crippen LogP contribution in [0.5, 0.6) is 0 Å². The Labute approximate surface area is 153 Å². The Kier molecular flexibility index (Phi) is 3.67. The molecule has 4 nitrogen and oxygen atoms in total. The van der Waals surface area contributed by atoms with E-state index in [2.05, 4.69) is 10.3 Å². The van der Waals surface area contributed by atoms with Crippen LogP contribution in [0.15, 0.2) is 42.5 Å². The summed E-state index contributed by atoms with van der Waals surface area (Å²) in [6.07, 6.45) is 0. The highest BCUT2D eigenvalue weighted by atomic mass is 35.5. The fourth-order valence-corrected chi connectivity index (χ4v) is 3.74. The van der Waals surface area contributed by atoms with E-state index in [4.69, 9.17) is 23.2 Å². The molecule has 0 bridgehead atoms. The van der Waals surface area contributed by atoms with Crippen molar-refractivity contribution in [2.24, 2.45) is 0 Å². The average molecular weight is 371 g/mol. The normalized spacial score (nSPS) is 14.5. The molecule has 1 aromatic heterocycles. The molecule has 0 spiro atoms. The van der Waals surface area contributed by atoms with Gasteiger partial charge in [-0.3, -0.25) is 14.9 Å². The van der Waals surface area contributed by atoms with E-state index >= 15 is 0 Å². The van der Waals surface area contributed by atoms with Crippen molar-refractivity contribution in [1.82, 2.24) is 10.3 Å². The van der Waals surface area contributed by atoms with Crippen LogP contribution >= 0.6 is 23.2 Å². The summed E-state index contributed by atoms with van der Waals surface area (Å²) in [7, 11) is 0. The number of H-pyrrole nitrogens is 1. The highest BCUT2D eigenvalue weighted by Gasteiger charge is 2.35. The quantitative estimate of drug-likeness (QED) is 0.658. The number of nitrogens with one attached hydrogen (secondary N) is 2. The Bertz CT molecular complexity index is 1100. The van der Waals surface area contributed by atoms with Crippen LogP contribution in [0.3, 0.4) is 0 Å². The lowest BCUT2D eigenvalue weighted by atomic mass is 9.94. The van der Waals surface area contributed by atoms with Crippen molar-refractivity contribution >= 4 is 57.1 Å². The monoisotopic (exact) mass is 370 g/mol. The maximum absolute atomic E-state index is 12.6. The standard InChI is InChI=1S/C19H12Cl2N2O2/c1-9-15(12-4-2-3-5-14(12)22-9)17-16(18(24)23-19(17)25)11-7-6-10(20)8-13(11)21/h2-8,22H,1H3,(H,23,24,25). The third-order valence-corrected chi connectivity index (χ3v) is 4.82. The lowest BCUT2D eigenvalue weighted by molar-refractivity contribution is -0.122. The van der Waals surface area contributed by atoms with Crippen molar-refractivity contribution in [3.05, 3.63) is 69.3 Å². The van der Waals surface area contributed by atoms with E-state index in [0.29, 0.717) is 26.7 Å². The number of aromatic nitrogens is 1. The molecule has 0 saturated carbocycles. The molecule has 2 N–H and O–H groups in total. The number of benzene rings is 2. The fraction of sp³-hybridized carbons (Fsp3) is 0.0526. The first-order valence-corrected chi connectivity index (χ1v) is 8.36. The van der Waals surface area contributed by atoms with Gasteiger partial charge in [-0.2, -0.15) is 0 Å². The Morgan fingerprint density at radius 1 is 0.920 bits per heavy atom. The molecule has 1 aliphatic heterocycles. The zero-order chi connectivity index (χ0) is 17.7. The molecule has 4 rings (SSSR count). The van der Waals surface area contributed by atoms with Gasteiger partial charge in [0.05, 0.1) is 16.2 Å². The molecule has 0 aliphatic carbocycles. The Balaban J connectivity index is 2.08. The van der Waals surface area contributed by atoms with E-state index in [1.165, 1.54) is 0 Å². The van der Waals surface area contributed by atoms with Gasteiger partial charge in [-0.05, 0) is 25.1 Å². The number of rotatable bonds is 2. The van der Waals surface area contributed by atoms with Crippen molar-refractivity contribution in [3.63, 3.8) is 0 Å². The molecule has 0 radical (unpaired) electrons. The molecule has 2 heterocycles. The molecule has 6 heteroatoms. The number of hydrogen-bond donors (Lipinski definition) is 2. The van der Waals surface area contributed by atoms with Gasteiger partial charge in [-0.1, -0.05) is 47.5 Å². The summed E-state index contributed by atoms with van der Waals surface area (Å²) in [6.45, 7) is 1.87. The van der Waals surface area contributed by atoms with E-state index in [0.717, 1.165) is 16.6 Å². The third kappa shape index (κ3) is 2.46. The van der Waals surface area contributed by atoms with Crippen LogP contribution < -0.4 is 5.32 Å². The van der Waals surface area contributed by atoms with Gasteiger partial charge < -0.3 is 4.98 Å². The maximum atomic E-state index is 12.6. The first-order valence-electron chi connectivity index (χ1n) is 7.60. The summed E-state index contributed by atoms with van der Waals surface area (Å²) in [4.78, 5) is 28.3. The molecular weight excluding hydrogens is 359 g/mol. The number of para-hydroxylation sites is 1. The molecule has 0 atom stereocenters. The lowest BCUT2D eigenvalue weighted by Gasteiger charge is -2.07. The number of aromatic amines is 1. The molecule has 0 unspecified atom stereocenters. The minimum Gasteiger partial charge on any atom is -0.358 e. The van der Waals surface area contributed by atoms with Crippen molar-refractivity contribution in [1.29, 1.82) is 0 Å². The second-order valence-electron chi connectivity index (χ2n) is 5.83. The molecular formula is C19H12Cl2N2O2. The largest absolute Gasteiger partial charge is 0.358 e. The van der Waals surface area contributed by atoms with Crippen LogP contribution in [0.2, 0.25) is 10.0 Å². The first kappa shape index (κ1) is 15.9. The van der Waals surface area contributed by atoms with Gasteiger partial charge in [0, 0.05) is 32.7 Å². The van der Waals surface area contributed by atoms with Crippen LogP contribution in [0.1, 0.15) is 16.8 Å². The molecule has 25 heavy (non-hydrogen) atoms. The van der Waals surface area contributed by atoms with Gasteiger partial charge in [0.2, 0.25) is 0 Å². The van der Waals surface area contributed by atoms with Crippen LogP contribution in [-0.4, -0.2) is 16.8 Å². The van der Waals surface area contributed by atoms with E-state index in [9.17, 15) is 9.59 Å². The molecule has 124 valence electrons. The molecule has 3 aromatic rings. The number of hydrogen-bond acceptors (Lipinski definition) is 2. The molecule has 2 aromatic carbocycles. The summed E-state index contributed by atoms with van der Waals surface area (Å²) in [5.74, 6) is -0.896. The van der Waals surface area contributed by atoms with Crippen LogP contribution in [0.25, 0.3) is 22.0 Å². The SMILES string of the molecule is Cc1[nH]c2ccccc2c1C1=C(c2ccc(Cl)cc2Cl)C(=O)NC1=O. The predicted octanol–water partition coefficient (Wildman–Crippen LogP) is 4.35. The smallest absolute Gasteiger partial charge is 0.259 e. The van der Waals surface area contributed by atoms with E-state index in [1.54, 1.807) is 18.2 Å². The number of carbonyl (C=O) groups excluding carboxylic acids is 2. The number of imide groups is 1. The third-order valence-electron chi connectivity index (χ3n) is 4.28. The van der Waals surface area contributed by atoms with E-state index < -0.39 is 11.8 Å². The van der Waals surface area contributed by atoms with Gasteiger partial charge in [-0.25, -0.2) is 0 Å². The lowest BCUT2D eigenvalue weighted by Crippen LogP contribution is -2.22. The van der Waals surface area contributed by atoms with Gasteiger partial charge >= 0.3 is 0 Å². The van der Waals surface area contributed by atoms with Gasteiger partial charge in [-0.15, -0.1) is 0 Å². The van der Waals surface area contributed by atoms with Crippen molar-refractivity contribution in [2.45, 2.75) is 6.92 Å². The van der Waals surface area contributed by atoms with Gasteiger partial charge in [0.1, 0.15) is 0 Å². The zero-order valence-electron chi connectivity index (χ0n) is 13.1. The Morgan fingerprint density at radius 2 is 1.64 bits per heavy atom. The van der Waals surface area contributed by atoms with Crippen LogP contribution in [0, 0.1) is 6.92 Å². The average Bonchev–Trinajstić information content (AvgIpc) is 3.03. The highest BCUT2D eigenvalue weighted by molar-refractivity contribution is 6.51. The second-order valence-corrected chi connectivity index (χ2v) is 6.67. The summed E-state index contributed by atoms with van der Waals surface area (Å²) in [6, 6.07) is 12.5. The van der Waals surface area contributed by atoms with Crippen LogP contribution in [0.4, 0.5) is 0 Å². The molecule has 0 saturated heterocycles. The van der Waals surface area contributed by atoms with Crippen LogP contribution in [-0.2, 0) is 9.59 Å². The van der Waals surface area contributed by atoms with E-state index in [-0.39, 0.29) is 5.57 Å².